The van der Waals surface area contributed by atoms with Crippen molar-refractivity contribution in [3.63, 3.8) is 0 Å². The molecule has 2 amide bonds. The number of hydrogen-bond acceptors (Lipinski definition) is 6. The van der Waals surface area contributed by atoms with Gasteiger partial charge in [-0.1, -0.05) is 4.49 Å². The Morgan fingerprint density at radius 2 is 2.71 bits per heavy atom. The summed E-state index contributed by atoms with van der Waals surface area (Å²) in [4.78, 5) is 13.6. The van der Waals surface area contributed by atoms with Crippen LogP contribution in [0.15, 0.2) is 6.20 Å². The average molecular weight is 258 g/mol. The molecule has 2 heterocycles. The van der Waals surface area contributed by atoms with E-state index in [1.807, 2.05) is 0 Å². The molecule has 1 aliphatic rings. The highest BCUT2D eigenvalue weighted by atomic mass is 32.1. The third-order valence-corrected chi connectivity index (χ3v) is 2.95. The Hall–Kier alpha value is -1.25. The molecule has 17 heavy (non-hydrogen) atoms. The number of hydrogen-bond donors (Lipinski definition) is 1. The summed E-state index contributed by atoms with van der Waals surface area (Å²) in [5.74, 6) is 0. The molecule has 0 radical (unpaired) electrons. The first-order valence-electron chi connectivity index (χ1n) is 5.23. The van der Waals surface area contributed by atoms with Crippen LogP contribution >= 0.6 is 11.5 Å². The smallest absolute Gasteiger partial charge is 0.322 e. The predicted molar refractivity (Wildman–Crippen MR) is 62.1 cm³/mol. The molecule has 1 unspecified atom stereocenters. The van der Waals surface area contributed by atoms with Crippen LogP contribution in [0, 0.1) is 0 Å². The number of urea groups is 1. The zero-order valence-electron chi connectivity index (χ0n) is 9.46. The van der Waals surface area contributed by atoms with Crippen LogP contribution < -0.4 is 5.32 Å². The number of morpholine rings is 1. The van der Waals surface area contributed by atoms with Crippen LogP contribution in [0.1, 0.15) is 0 Å². The number of nitrogens with one attached hydrogen (secondary N) is 1. The monoisotopic (exact) mass is 258 g/mol. The van der Waals surface area contributed by atoms with Gasteiger partial charge in [0.15, 0.2) is 0 Å². The minimum Gasteiger partial charge on any atom is -0.382 e. The fourth-order valence-corrected chi connectivity index (χ4v) is 2.01. The van der Waals surface area contributed by atoms with Crippen molar-refractivity contribution in [1.29, 1.82) is 0 Å². The molecule has 1 fully saturated rings. The molecule has 0 aromatic carbocycles. The molecule has 1 atom stereocenters. The van der Waals surface area contributed by atoms with Crippen LogP contribution in [0.5, 0.6) is 0 Å². The number of anilines is 1. The van der Waals surface area contributed by atoms with Gasteiger partial charge in [0.25, 0.3) is 0 Å². The Balaban J connectivity index is 1.86. The van der Waals surface area contributed by atoms with E-state index in [4.69, 9.17) is 9.47 Å². The first kappa shape index (κ1) is 12.2. The maximum atomic E-state index is 11.9. The van der Waals surface area contributed by atoms with Crippen LogP contribution in [0.4, 0.5) is 9.80 Å². The van der Waals surface area contributed by atoms with Gasteiger partial charge in [0.2, 0.25) is 0 Å². The van der Waals surface area contributed by atoms with Crippen LogP contribution in [0.25, 0.3) is 0 Å². The quantitative estimate of drug-likeness (QED) is 0.850. The molecule has 2 rings (SSSR count). The van der Waals surface area contributed by atoms with E-state index >= 15 is 0 Å². The lowest BCUT2D eigenvalue weighted by molar-refractivity contribution is -0.0481. The summed E-state index contributed by atoms with van der Waals surface area (Å²) >= 11 is 1.15. The van der Waals surface area contributed by atoms with E-state index < -0.39 is 0 Å². The van der Waals surface area contributed by atoms with Crippen LogP contribution in [0.2, 0.25) is 0 Å². The predicted octanol–water partition coefficient (Wildman–Crippen LogP) is 0.417. The number of nitrogens with zero attached hydrogens (tertiary/aromatic N) is 3. The topological polar surface area (TPSA) is 76.6 Å². The minimum atomic E-state index is -0.152. The molecule has 7 nitrogen and oxygen atoms in total. The second kappa shape index (κ2) is 5.89. The van der Waals surface area contributed by atoms with Gasteiger partial charge >= 0.3 is 6.03 Å². The molecule has 1 aliphatic heterocycles. The van der Waals surface area contributed by atoms with Crippen molar-refractivity contribution < 1.29 is 14.3 Å². The molecule has 8 heteroatoms. The SMILES string of the molecule is COCC1CN(C(=O)Nc2cnns2)CCO1. The van der Waals surface area contributed by atoms with Crippen molar-refractivity contribution in [2.24, 2.45) is 0 Å². The zero-order chi connectivity index (χ0) is 12.1. The van der Waals surface area contributed by atoms with Crippen molar-refractivity contribution in [1.82, 2.24) is 14.5 Å². The number of methoxy groups -OCH3 is 1. The molecule has 0 spiro atoms. The molecular weight excluding hydrogens is 244 g/mol. The summed E-state index contributed by atoms with van der Waals surface area (Å²) in [5.41, 5.74) is 0. The number of carbonyl (C=O) groups excluding carboxylic acids is 1. The average Bonchev–Trinajstić information content (AvgIpc) is 2.83. The van der Waals surface area contributed by atoms with Gasteiger partial charge in [-0.2, -0.15) is 0 Å². The van der Waals surface area contributed by atoms with E-state index in [0.29, 0.717) is 31.3 Å². The van der Waals surface area contributed by atoms with Gasteiger partial charge in [0, 0.05) is 25.2 Å². The number of ether oxygens (including phenoxy) is 2. The van der Waals surface area contributed by atoms with Crippen LogP contribution in [-0.2, 0) is 9.47 Å². The molecule has 1 N–H and O–H groups in total. The van der Waals surface area contributed by atoms with Gasteiger partial charge in [0.1, 0.15) is 5.00 Å². The van der Waals surface area contributed by atoms with Crippen LogP contribution in [-0.4, -0.2) is 60.0 Å². The van der Waals surface area contributed by atoms with E-state index in [1.165, 1.54) is 6.20 Å². The molecule has 0 aliphatic carbocycles. The summed E-state index contributed by atoms with van der Waals surface area (Å²) in [5, 5.41) is 7.04. The molecule has 1 saturated heterocycles. The number of rotatable bonds is 3. The Morgan fingerprint density at radius 1 is 1.82 bits per heavy atom. The summed E-state index contributed by atoms with van der Waals surface area (Å²) in [6.07, 6.45) is 1.47. The molecule has 94 valence electrons. The first-order chi connectivity index (χ1) is 8.29. The lowest BCUT2D eigenvalue weighted by Crippen LogP contribution is -2.48. The molecule has 1 aromatic heterocycles. The van der Waals surface area contributed by atoms with Gasteiger partial charge in [0.05, 0.1) is 32.1 Å². The van der Waals surface area contributed by atoms with Gasteiger partial charge in [-0.15, -0.1) is 5.10 Å². The molecular formula is C9H14N4O3S. The van der Waals surface area contributed by atoms with Gasteiger partial charge in [-0.3, -0.25) is 5.32 Å². The zero-order valence-corrected chi connectivity index (χ0v) is 10.3. The van der Waals surface area contributed by atoms with E-state index in [2.05, 4.69) is 14.9 Å². The lowest BCUT2D eigenvalue weighted by atomic mass is 10.3. The summed E-state index contributed by atoms with van der Waals surface area (Å²) in [6.45, 7) is 2.14. The summed E-state index contributed by atoms with van der Waals surface area (Å²) < 4.78 is 14.2. The number of aromatic nitrogens is 2. The fraction of sp³-hybridized carbons (Fsp3) is 0.667. The molecule has 0 saturated carbocycles. The highest BCUT2D eigenvalue weighted by Crippen LogP contribution is 2.12. The highest BCUT2D eigenvalue weighted by molar-refractivity contribution is 7.10. The second-order valence-electron chi connectivity index (χ2n) is 3.61. The van der Waals surface area contributed by atoms with E-state index in [1.54, 1.807) is 12.0 Å². The van der Waals surface area contributed by atoms with E-state index in [0.717, 1.165) is 11.5 Å². The van der Waals surface area contributed by atoms with Crippen molar-refractivity contribution in [2.75, 3.05) is 38.7 Å². The third kappa shape index (κ3) is 3.35. The second-order valence-corrected chi connectivity index (χ2v) is 4.39. The van der Waals surface area contributed by atoms with Crippen LogP contribution in [0.3, 0.4) is 0 Å². The van der Waals surface area contributed by atoms with Gasteiger partial charge in [-0.05, 0) is 0 Å². The normalized spacial score (nSPS) is 20.3. The standard InChI is InChI=1S/C9H14N4O3S/c1-15-6-7-5-13(2-3-16-7)9(14)11-8-4-10-12-17-8/h4,7H,2-3,5-6H2,1H3,(H,11,14). The fourth-order valence-electron chi connectivity index (χ4n) is 1.60. The number of amides is 2. The number of carbonyl (C=O) groups is 1. The molecule has 0 bridgehead atoms. The van der Waals surface area contributed by atoms with E-state index in [-0.39, 0.29) is 12.1 Å². The highest BCUT2D eigenvalue weighted by Gasteiger charge is 2.24. The lowest BCUT2D eigenvalue weighted by Gasteiger charge is -2.32. The maximum absolute atomic E-state index is 11.9. The van der Waals surface area contributed by atoms with Crippen molar-refractivity contribution in [2.45, 2.75) is 6.10 Å². The third-order valence-electron chi connectivity index (χ3n) is 2.37. The Kier molecular flexibility index (Phi) is 4.24. The summed E-state index contributed by atoms with van der Waals surface area (Å²) in [7, 11) is 1.62. The van der Waals surface area contributed by atoms with Crippen molar-refractivity contribution in [3.05, 3.63) is 6.20 Å². The Labute approximate surface area is 103 Å². The van der Waals surface area contributed by atoms with Gasteiger partial charge in [-0.25, -0.2) is 4.79 Å². The largest absolute Gasteiger partial charge is 0.382 e. The Bertz CT molecular complexity index is 357. The van der Waals surface area contributed by atoms with Crippen molar-refractivity contribution >= 4 is 22.6 Å². The van der Waals surface area contributed by atoms with Crippen molar-refractivity contribution in [3.8, 4) is 0 Å². The molecule has 1 aromatic rings. The summed E-state index contributed by atoms with van der Waals surface area (Å²) in [6, 6.07) is -0.152. The maximum Gasteiger partial charge on any atom is 0.322 e. The first-order valence-corrected chi connectivity index (χ1v) is 6.00. The Morgan fingerprint density at radius 3 is 3.41 bits per heavy atom. The minimum absolute atomic E-state index is 0.0564. The van der Waals surface area contributed by atoms with E-state index in [9.17, 15) is 4.79 Å². The van der Waals surface area contributed by atoms with Gasteiger partial charge < -0.3 is 14.4 Å².